The Balaban J connectivity index is 1.42. The summed E-state index contributed by atoms with van der Waals surface area (Å²) < 4.78 is 29.3. The zero-order valence-corrected chi connectivity index (χ0v) is 18.1. The maximum Gasteiger partial charge on any atom is 0.256 e. The summed E-state index contributed by atoms with van der Waals surface area (Å²) in [4.78, 5) is 13.5. The first-order valence-electron chi connectivity index (χ1n) is 10.9. The molecule has 0 aromatic carbocycles. The van der Waals surface area contributed by atoms with Crippen LogP contribution in [-0.2, 0) is 6.54 Å². The smallest absolute Gasteiger partial charge is 0.256 e. The summed E-state index contributed by atoms with van der Waals surface area (Å²) in [6.45, 7) is 1.29. The molecule has 1 aliphatic rings. The predicted molar refractivity (Wildman–Crippen MR) is 119 cm³/mol. The Morgan fingerprint density at radius 3 is 2.62 bits per heavy atom. The third kappa shape index (κ3) is 3.90. The fraction of sp³-hybridized carbons (Fsp3) is 0.455. The van der Waals surface area contributed by atoms with Crippen molar-refractivity contribution < 1.29 is 8.78 Å². The van der Waals surface area contributed by atoms with Crippen molar-refractivity contribution >= 4 is 22.6 Å². The van der Waals surface area contributed by atoms with E-state index >= 15 is 0 Å². The van der Waals surface area contributed by atoms with Crippen molar-refractivity contribution in [2.24, 2.45) is 0 Å². The first kappa shape index (κ1) is 20.7. The molecule has 0 saturated heterocycles. The number of alkyl halides is 2. The van der Waals surface area contributed by atoms with Crippen LogP contribution in [0.4, 0.5) is 14.7 Å². The number of aromatic nitrogens is 6. The lowest BCUT2D eigenvalue weighted by Crippen LogP contribution is -2.35. The van der Waals surface area contributed by atoms with E-state index in [0.717, 1.165) is 36.8 Å². The van der Waals surface area contributed by atoms with E-state index in [1.54, 1.807) is 17.6 Å². The molecule has 168 valence electrons. The van der Waals surface area contributed by atoms with Crippen molar-refractivity contribution in [2.45, 2.75) is 57.7 Å². The number of nitrogens with one attached hydrogen (secondary N) is 2. The minimum absolute atomic E-state index is 0.370. The van der Waals surface area contributed by atoms with E-state index in [4.69, 9.17) is 0 Å². The van der Waals surface area contributed by atoms with Crippen molar-refractivity contribution in [3.05, 3.63) is 36.4 Å². The van der Waals surface area contributed by atoms with E-state index in [1.807, 2.05) is 31.4 Å². The lowest BCUT2D eigenvalue weighted by molar-refractivity contribution is 0.127. The van der Waals surface area contributed by atoms with E-state index in [0.29, 0.717) is 40.7 Å². The Hall–Kier alpha value is -3.14. The Morgan fingerprint density at radius 2 is 1.88 bits per heavy atom. The first-order valence-corrected chi connectivity index (χ1v) is 10.9. The molecule has 5 rings (SSSR count). The fourth-order valence-corrected chi connectivity index (χ4v) is 4.51. The number of hydrogen-bond donors (Lipinski definition) is 2. The Kier molecular flexibility index (Phi) is 5.46. The molecule has 4 heterocycles. The molecule has 0 aliphatic heterocycles. The standard InChI is InChI=1S/C22H26F2N8/c1-13-27-18-8-7-17(29-21(18)31(13)12-20(23)24)16-9-10-32-19(16)11-26-22(30-32)28-15-5-3-14(25-2)4-6-15/h7-11,14-15,20,25H,3-6,12H2,1-2H3,(H,28,30). The van der Waals surface area contributed by atoms with Crippen LogP contribution in [-0.4, -0.2) is 54.7 Å². The molecule has 0 spiro atoms. The number of nitrogens with zero attached hydrogens (tertiary/aromatic N) is 6. The third-order valence-electron chi connectivity index (χ3n) is 6.27. The number of rotatable bonds is 6. The lowest BCUT2D eigenvalue weighted by atomic mass is 9.91. The number of fused-ring (bicyclic) bond motifs is 2. The van der Waals surface area contributed by atoms with Crippen molar-refractivity contribution in [1.29, 1.82) is 0 Å². The summed E-state index contributed by atoms with van der Waals surface area (Å²) in [6, 6.07) is 6.54. The summed E-state index contributed by atoms with van der Waals surface area (Å²) in [6.07, 6.45) is 5.61. The second-order valence-electron chi connectivity index (χ2n) is 8.32. The normalized spacial score (nSPS) is 19.3. The molecule has 32 heavy (non-hydrogen) atoms. The molecule has 0 amide bonds. The van der Waals surface area contributed by atoms with Crippen LogP contribution in [0.3, 0.4) is 0 Å². The average Bonchev–Trinajstić information content (AvgIpc) is 3.34. The molecule has 8 nitrogen and oxygen atoms in total. The number of imidazole rings is 1. The van der Waals surface area contributed by atoms with Gasteiger partial charge in [0.2, 0.25) is 5.95 Å². The average molecular weight is 441 g/mol. The van der Waals surface area contributed by atoms with Gasteiger partial charge in [0.05, 0.1) is 24.0 Å². The van der Waals surface area contributed by atoms with Gasteiger partial charge in [-0.1, -0.05) is 0 Å². The Bertz CT molecular complexity index is 1240. The SMILES string of the molecule is CNC1CCC(Nc2ncc3c(-c4ccc5nc(C)n(CC(F)F)c5n4)ccn3n2)CC1. The molecule has 2 N–H and O–H groups in total. The van der Waals surface area contributed by atoms with Crippen molar-refractivity contribution in [3.8, 4) is 11.3 Å². The van der Waals surface area contributed by atoms with Gasteiger partial charge in [-0.15, -0.1) is 5.10 Å². The quantitative estimate of drug-likeness (QED) is 0.476. The van der Waals surface area contributed by atoms with Gasteiger partial charge in [-0.25, -0.2) is 28.2 Å². The summed E-state index contributed by atoms with van der Waals surface area (Å²) >= 11 is 0. The summed E-state index contributed by atoms with van der Waals surface area (Å²) in [5.41, 5.74) is 3.38. The monoisotopic (exact) mass is 440 g/mol. The third-order valence-corrected chi connectivity index (χ3v) is 6.27. The van der Waals surface area contributed by atoms with Crippen LogP contribution >= 0.6 is 0 Å². The molecule has 0 atom stereocenters. The van der Waals surface area contributed by atoms with Gasteiger partial charge >= 0.3 is 0 Å². The van der Waals surface area contributed by atoms with Crippen LogP contribution in [0, 0.1) is 6.92 Å². The zero-order chi connectivity index (χ0) is 22.2. The van der Waals surface area contributed by atoms with Gasteiger partial charge in [-0.3, -0.25) is 0 Å². The van der Waals surface area contributed by atoms with E-state index in [-0.39, 0.29) is 0 Å². The number of hydrogen-bond acceptors (Lipinski definition) is 6. The first-order chi connectivity index (χ1) is 15.5. The molecule has 0 bridgehead atoms. The number of anilines is 1. The lowest BCUT2D eigenvalue weighted by Gasteiger charge is -2.28. The zero-order valence-electron chi connectivity index (χ0n) is 18.1. The molecular weight excluding hydrogens is 414 g/mol. The van der Waals surface area contributed by atoms with Gasteiger partial charge in [0.25, 0.3) is 6.43 Å². The van der Waals surface area contributed by atoms with Crippen LogP contribution in [0.25, 0.3) is 27.9 Å². The largest absolute Gasteiger partial charge is 0.350 e. The molecular formula is C22H26F2N8. The van der Waals surface area contributed by atoms with E-state index in [9.17, 15) is 8.78 Å². The van der Waals surface area contributed by atoms with E-state index in [1.165, 1.54) is 4.57 Å². The number of halogens is 2. The minimum Gasteiger partial charge on any atom is -0.350 e. The number of pyridine rings is 1. The highest BCUT2D eigenvalue weighted by Crippen LogP contribution is 2.27. The van der Waals surface area contributed by atoms with Crippen LogP contribution in [0.5, 0.6) is 0 Å². The van der Waals surface area contributed by atoms with Crippen molar-refractivity contribution in [1.82, 2.24) is 34.4 Å². The molecule has 0 unspecified atom stereocenters. The van der Waals surface area contributed by atoms with Crippen LogP contribution in [0.15, 0.2) is 30.6 Å². The van der Waals surface area contributed by atoms with E-state index < -0.39 is 13.0 Å². The topological polar surface area (TPSA) is 85.0 Å². The molecule has 0 radical (unpaired) electrons. The molecule has 4 aromatic heterocycles. The van der Waals surface area contributed by atoms with Crippen LogP contribution in [0.2, 0.25) is 0 Å². The van der Waals surface area contributed by atoms with Crippen molar-refractivity contribution in [2.75, 3.05) is 12.4 Å². The van der Waals surface area contributed by atoms with Crippen LogP contribution in [0.1, 0.15) is 31.5 Å². The van der Waals surface area contributed by atoms with Gasteiger partial charge in [0.15, 0.2) is 5.65 Å². The maximum atomic E-state index is 13.0. The fourth-order valence-electron chi connectivity index (χ4n) is 4.51. The Labute approximate surface area is 184 Å². The molecule has 1 saturated carbocycles. The minimum atomic E-state index is -2.47. The van der Waals surface area contributed by atoms with E-state index in [2.05, 4.69) is 30.7 Å². The summed E-state index contributed by atoms with van der Waals surface area (Å²) in [5, 5.41) is 11.4. The highest BCUT2D eigenvalue weighted by atomic mass is 19.3. The predicted octanol–water partition coefficient (Wildman–Crippen LogP) is 3.66. The summed E-state index contributed by atoms with van der Waals surface area (Å²) in [5.74, 6) is 1.12. The van der Waals surface area contributed by atoms with Crippen LogP contribution < -0.4 is 10.6 Å². The summed E-state index contributed by atoms with van der Waals surface area (Å²) in [7, 11) is 2.01. The highest BCUT2D eigenvalue weighted by Gasteiger charge is 2.21. The van der Waals surface area contributed by atoms with Gasteiger partial charge < -0.3 is 15.2 Å². The maximum absolute atomic E-state index is 13.0. The Morgan fingerprint density at radius 1 is 1.09 bits per heavy atom. The molecule has 4 aromatic rings. The van der Waals surface area contributed by atoms with Gasteiger partial charge in [0, 0.05) is 23.8 Å². The second-order valence-corrected chi connectivity index (χ2v) is 8.32. The van der Waals surface area contributed by atoms with Crippen molar-refractivity contribution in [3.63, 3.8) is 0 Å². The molecule has 10 heteroatoms. The molecule has 1 fully saturated rings. The molecule has 1 aliphatic carbocycles. The highest BCUT2D eigenvalue weighted by molar-refractivity contribution is 5.82. The van der Waals surface area contributed by atoms with Gasteiger partial charge in [-0.2, -0.15) is 0 Å². The van der Waals surface area contributed by atoms with Gasteiger partial charge in [0.1, 0.15) is 11.3 Å². The number of aryl methyl sites for hydroxylation is 1. The second kappa shape index (κ2) is 8.42. The van der Waals surface area contributed by atoms with Gasteiger partial charge in [-0.05, 0) is 57.9 Å².